The summed E-state index contributed by atoms with van der Waals surface area (Å²) in [5.74, 6) is 1.82. The molecule has 25 heavy (non-hydrogen) atoms. The minimum atomic E-state index is -0.211. The van der Waals surface area contributed by atoms with Crippen molar-refractivity contribution in [3.05, 3.63) is 64.1 Å². The summed E-state index contributed by atoms with van der Waals surface area (Å²) in [6, 6.07) is 9.77. The second kappa shape index (κ2) is 6.76. The molecule has 128 valence electrons. The second-order valence-corrected chi connectivity index (χ2v) is 7.16. The van der Waals surface area contributed by atoms with Crippen LogP contribution in [-0.2, 0) is 17.8 Å². The molecule has 0 bridgehead atoms. The van der Waals surface area contributed by atoms with Crippen molar-refractivity contribution in [2.45, 2.75) is 32.4 Å². The molecule has 0 fully saturated rings. The van der Waals surface area contributed by atoms with E-state index in [9.17, 15) is 4.79 Å². The highest BCUT2D eigenvalue weighted by atomic mass is 32.1. The number of nitrogens with one attached hydrogen (secondary N) is 1. The van der Waals surface area contributed by atoms with Crippen LogP contribution in [0, 0.1) is 12.8 Å². The molecule has 0 saturated heterocycles. The van der Waals surface area contributed by atoms with Crippen LogP contribution < -0.4 is 5.32 Å². The number of aromatic nitrogens is 4. The van der Waals surface area contributed by atoms with Gasteiger partial charge in [-0.05, 0) is 18.9 Å². The largest absolute Gasteiger partial charge is 0.342 e. The minimum absolute atomic E-state index is 0.0582. The Bertz CT molecular complexity index is 859. The average Bonchev–Trinajstić information content (AvgIpc) is 3.30. The SMILES string of the molecule is Cc1nnc2n1C[C@H](C(=O)N[C@H](c1ccccc1)c1nccs1)CC2. The molecule has 0 saturated carbocycles. The van der Waals surface area contributed by atoms with Crippen LogP contribution >= 0.6 is 11.3 Å². The van der Waals surface area contributed by atoms with Gasteiger partial charge in [0.25, 0.3) is 0 Å². The predicted molar refractivity (Wildman–Crippen MR) is 95.1 cm³/mol. The molecule has 0 radical (unpaired) electrons. The maximum absolute atomic E-state index is 12.9. The third-order valence-electron chi connectivity index (χ3n) is 4.62. The molecule has 1 aliphatic rings. The third-order valence-corrected chi connectivity index (χ3v) is 5.46. The van der Waals surface area contributed by atoms with Crippen molar-refractivity contribution in [1.29, 1.82) is 0 Å². The van der Waals surface area contributed by atoms with E-state index in [1.165, 1.54) is 0 Å². The lowest BCUT2D eigenvalue weighted by molar-refractivity contribution is -0.126. The summed E-state index contributed by atoms with van der Waals surface area (Å²) < 4.78 is 2.05. The van der Waals surface area contributed by atoms with Gasteiger partial charge in [0.15, 0.2) is 0 Å². The Morgan fingerprint density at radius 3 is 2.92 bits per heavy atom. The summed E-state index contributed by atoms with van der Waals surface area (Å²) in [5.41, 5.74) is 1.04. The summed E-state index contributed by atoms with van der Waals surface area (Å²) >= 11 is 1.56. The lowest BCUT2D eigenvalue weighted by atomic mass is 9.97. The summed E-state index contributed by atoms with van der Waals surface area (Å²) in [7, 11) is 0. The zero-order valence-electron chi connectivity index (χ0n) is 13.9. The van der Waals surface area contributed by atoms with Gasteiger partial charge < -0.3 is 9.88 Å². The van der Waals surface area contributed by atoms with E-state index < -0.39 is 0 Å². The van der Waals surface area contributed by atoms with Crippen LogP contribution in [0.25, 0.3) is 0 Å². The Morgan fingerprint density at radius 1 is 1.32 bits per heavy atom. The van der Waals surface area contributed by atoms with E-state index in [1.54, 1.807) is 17.5 Å². The van der Waals surface area contributed by atoms with E-state index >= 15 is 0 Å². The zero-order chi connectivity index (χ0) is 17.2. The van der Waals surface area contributed by atoms with Crippen LogP contribution in [0.4, 0.5) is 0 Å². The van der Waals surface area contributed by atoms with Gasteiger partial charge in [0.1, 0.15) is 22.7 Å². The van der Waals surface area contributed by atoms with Gasteiger partial charge in [-0.15, -0.1) is 21.5 Å². The smallest absolute Gasteiger partial charge is 0.225 e. The number of amides is 1. The number of hydrogen-bond acceptors (Lipinski definition) is 5. The Labute approximate surface area is 149 Å². The maximum Gasteiger partial charge on any atom is 0.225 e. The standard InChI is InChI=1S/C18H19N5OS/c1-12-21-22-15-8-7-14(11-23(12)15)17(24)20-16(18-19-9-10-25-18)13-5-3-2-4-6-13/h2-6,9-10,14,16H,7-8,11H2,1H3,(H,20,24)/t14-,16-/m1/s1. The van der Waals surface area contributed by atoms with Crippen LogP contribution in [0.1, 0.15) is 34.7 Å². The summed E-state index contributed by atoms with van der Waals surface area (Å²) in [6.45, 7) is 2.57. The Kier molecular flexibility index (Phi) is 4.31. The van der Waals surface area contributed by atoms with Crippen molar-refractivity contribution in [3.63, 3.8) is 0 Å². The van der Waals surface area contributed by atoms with Gasteiger partial charge >= 0.3 is 0 Å². The highest BCUT2D eigenvalue weighted by molar-refractivity contribution is 7.09. The van der Waals surface area contributed by atoms with E-state index in [-0.39, 0.29) is 17.9 Å². The lowest BCUT2D eigenvalue weighted by Gasteiger charge is -2.25. The first-order valence-electron chi connectivity index (χ1n) is 8.36. The molecule has 2 aromatic heterocycles. The molecule has 0 unspecified atom stereocenters. The first kappa shape index (κ1) is 16.0. The van der Waals surface area contributed by atoms with Crippen molar-refractivity contribution in [2.75, 3.05) is 0 Å². The van der Waals surface area contributed by atoms with Crippen molar-refractivity contribution < 1.29 is 4.79 Å². The minimum Gasteiger partial charge on any atom is -0.342 e. The first-order chi connectivity index (χ1) is 12.2. The molecule has 2 atom stereocenters. The molecule has 0 spiro atoms. The average molecular weight is 353 g/mol. The van der Waals surface area contributed by atoms with E-state index in [0.29, 0.717) is 6.54 Å². The van der Waals surface area contributed by atoms with Gasteiger partial charge in [-0.2, -0.15) is 0 Å². The Hall–Kier alpha value is -2.54. The number of fused-ring (bicyclic) bond motifs is 1. The van der Waals surface area contributed by atoms with Gasteiger partial charge in [0.2, 0.25) is 5.91 Å². The number of benzene rings is 1. The van der Waals surface area contributed by atoms with E-state index in [1.807, 2.05) is 42.6 Å². The Balaban J connectivity index is 1.55. The number of hydrogen-bond donors (Lipinski definition) is 1. The fourth-order valence-electron chi connectivity index (χ4n) is 3.25. The quantitative estimate of drug-likeness (QED) is 0.782. The third kappa shape index (κ3) is 3.19. The number of carbonyl (C=O) groups is 1. The van der Waals surface area contributed by atoms with Crippen molar-refractivity contribution in [2.24, 2.45) is 5.92 Å². The molecule has 1 aromatic carbocycles. The normalized spacial score (nSPS) is 17.7. The molecule has 7 heteroatoms. The topological polar surface area (TPSA) is 72.7 Å². The molecule has 0 aliphatic carbocycles. The van der Waals surface area contributed by atoms with Crippen LogP contribution in [0.5, 0.6) is 0 Å². The fourth-order valence-corrected chi connectivity index (χ4v) is 3.96. The summed E-state index contributed by atoms with van der Waals surface area (Å²) in [5, 5.41) is 14.3. The van der Waals surface area contributed by atoms with E-state index in [4.69, 9.17) is 0 Å². The number of thiazole rings is 1. The molecule has 3 aromatic rings. The second-order valence-electron chi connectivity index (χ2n) is 6.23. The number of aryl methyl sites for hydroxylation is 2. The monoisotopic (exact) mass is 353 g/mol. The summed E-state index contributed by atoms with van der Waals surface area (Å²) in [4.78, 5) is 17.3. The highest BCUT2D eigenvalue weighted by Crippen LogP contribution is 2.26. The van der Waals surface area contributed by atoms with Gasteiger partial charge in [0, 0.05) is 24.5 Å². The molecule has 4 rings (SSSR count). The Morgan fingerprint density at radius 2 is 2.16 bits per heavy atom. The number of carbonyl (C=O) groups excluding carboxylic acids is 1. The number of nitrogens with zero attached hydrogens (tertiary/aromatic N) is 4. The van der Waals surface area contributed by atoms with Gasteiger partial charge in [-0.1, -0.05) is 30.3 Å². The van der Waals surface area contributed by atoms with Crippen molar-refractivity contribution in [1.82, 2.24) is 25.1 Å². The van der Waals surface area contributed by atoms with Crippen LogP contribution in [0.3, 0.4) is 0 Å². The fraction of sp³-hybridized carbons (Fsp3) is 0.333. The molecule has 3 heterocycles. The van der Waals surface area contributed by atoms with Gasteiger partial charge in [-0.3, -0.25) is 4.79 Å². The van der Waals surface area contributed by atoms with Crippen LogP contribution in [0.15, 0.2) is 41.9 Å². The molecule has 1 aliphatic heterocycles. The summed E-state index contributed by atoms with van der Waals surface area (Å²) in [6.07, 6.45) is 3.35. The van der Waals surface area contributed by atoms with Crippen molar-refractivity contribution in [3.8, 4) is 0 Å². The molecule has 1 amide bonds. The van der Waals surface area contributed by atoms with Gasteiger partial charge in [-0.25, -0.2) is 4.98 Å². The predicted octanol–water partition coefficient (Wildman–Crippen LogP) is 2.51. The number of rotatable bonds is 4. The molecule has 6 nitrogen and oxygen atoms in total. The lowest BCUT2D eigenvalue weighted by Crippen LogP contribution is -2.38. The zero-order valence-corrected chi connectivity index (χ0v) is 14.7. The maximum atomic E-state index is 12.9. The van der Waals surface area contributed by atoms with E-state index in [2.05, 4.69) is 25.1 Å². The molecule has 1 N–H and O–H groups in total. The van der Waals surface area contributed by atoms with Gasteiger partial charge in [0.05, 0.1) is 5.92 Å². The van der Waals surface area contributed by atoms with Crippen LogP contribution in [0.2, 0.25) is 0 Å². The molecular weight excluding hydrogens is 334 g/mol. The van der Waals surface area contributed by atoms with E-state index in [0.717, 1.165) is 35.1 Å². The molecular formula is C18H19N5OS. The van der Waals surface area contributed by atoms with Crippen molar-refractivity contribution >= 4 is 17.2 Å². The highest BCUT2D eigenvalue weighted by Gasteiger charge is 2.29. The first-order valence-corrected chi connectivity index (χ1v) is 9.23. The van der Waals surface area contributed by atoms with Crippen LogP contribution in [-0.4, -0.2) is 25.7 Å².